The van der Waals surface area contributed by atoms with Crippen LogP contribution in [-0.2, 0) is 28.6 Å². The maximum Gasteiger partial charge on any atom is 0.511 e. The first-order valence-electron chi connectivity index (χ1n) is 10.2. The molecule has 2 aliphatic rings. The van der Waals surface area contributed by atoms with Crippen LogP contribution in [0.1, 0.15) is 39.3 Å². The fourth-order valence-electron chi connectivity index (χ4n) is 3.72. The van der Waals surface area contributed by atoms with Crippen molar-refractivity contribution in [3.05, 3.63) is 35.9 Å². The highest BCUT2D eigenvalue weighted by atomic mass is 32.2. The second-order valence-corrected chi connectivity index (χ2v) is 9.71. The van der Waals surface area contributed by atoms with Crippen molar-refractivity contribution in [1.82, 2.24) is 10.2 Å². The van der Waals surface area contributed by atoms with E-state index in [1.807, 2.05) is 6.07 Å². The minimum Gasteiger partial charge on any atom is -0.435 e. The molecular weight excluding hydrogens is 438 g/mol. The van der Waals surface area contributed by atoms with E-state index in [9.17, 15) is 19.2 Å². The van der Waals surface area contributed by atoms with E-state index in [1.165, 1.54) is 23.6 Å². The highest BCUT2D eigenvalue weighted by Gasteiger charge is 2.64. The third-order valence-electron chi connectivity index (χ3n) is 5.21. The van der Waals surface area contributed by atoms with E-state index in [0.29, 0.717) is 5.56 Å². The number of nitrogens with zero attached hydrogens (tertiary/aromatic N) is 1. The van der Waals surface area contributed by atoms with Crippen molar-refractivity contribution in [2.45, 2.75) is 62.2 Å². The number of hydrogen-bond acceptors (Lipinski definition) is 9. The summed E-state index contributed by atoms with van der Waals surface area (Å²) in [5.74, 6) is -1.58. The molecule has 10 nitrogen and oxygen atoms in total. The van der Waals surface area contributed by atoms with Crippen molar-refractivity contribution in [3.8, 4) is 0 Å². The molecule has 1 aromatic carbocycles. The summed E-state index contributed by atoms with van der Waals surface area (Å²) in [5.41, 5.74) is 6.65. The van der Waals surface area contributed by atoms with Crippen LogP contribution in [0.15, 0.2) is 30.3 Å². The highest BCUT2D eigenvalue weighted by molar-refractivity contribution is 8.01. The molecule has 2 fully saturated rings. The van der Waals surface area contributed by atoms with E-state index < -0.39 is 58.5 Å². The molecule has 3 rings (SSSR count). The lowest BCUT2D eigenvalue weighted by atomic mass is 9.95. The number of rotatable bonds is 7. The van der Waals surface area contributed by atoms with Gasteiger partial charge in [0.2, 0.25) is 18.1 Å². The lowest BCUT2D eigenvalue weighted by Crippen LogP contribution is -2.71. The Kier molecular flexibility index (Phi) is 6.99. The molecule has 2 saturated heterocycles. The topological polar surface area (TPSA) is 137 Å². The quantitative estimate of drug-likeness (QED) is 0.347. The van der Waals surface area contributed by atoms with Gasteiger partial charge in [0.25, 0.3) is 0 Å². The smallest absolute Gasteiger partial charge is 0.435 e. The van der Waals surface area contributed by atoms with Crippen molar-refractivity contribution in [3.63, 3.8) is 0 Å². The average molecular weight is 466 g/mol. The molecule has 0 bridgehead atoms. The average Bonchev–Trinajstić information content (AvgIpc) is 2.99. The predicted octanol–water partition coefficient (Wildman–Crippen LogP) is 1.30. The number of carbonyl (C=O) groups is 4. The summed E-state index contributed by atoms with van der Waals surface area (Å²) < 4.78 is 14.0. The molecule has 0 saturated carbocycles. The normalized spacial score (nSPS) is 25.1. The number of hydrogen-bond donors (Lipinski definition) is 2. The Hall–Kier alpha value is -2.79. The number of fused-ring (bicyclic) bond motifs is 1. The molecule has 2 amide bonds. The lowest BCUT2D eigenvalue weighted by Gasteiger charge is -2.44. The van der Waals surface area contributed by atoms with E-state index in [1.54, 1.807) is 45.0 Å². The monoisotopic (exact) mass is 465 g/mol. The van der Waals surface area contributed by atoms with Crippen LogP contribution in [0.4, 0.5) is 4.79 Å². The number of carbonyl (C=O) groups excluding carboxylic acids is 4. The largest absolute Gasteiger partial charge is 0.511 e. The van der Waals surface area contributed by atoms with Gasteiger partial charge in [-0.1, -0.05) is 30.3 Å². The minimum absolute atomic E-state index is 0.122. The van der Waals surface area contributed by atoms with Gasteiger partial charge in [0, 0.05) is 11.7 Å². The fraction of sp³-hybridized carbons (Fsp3) is 0.524. The SMILES string of the molecule is CCOC(=O)O[C@H](C)OC(=O)C1N2C(=O)[C@H](NC(=O)C(N)c3ccccc3)C2SC1(C)C. The number of nitrogens with two attached hydrogens (primary N) is 1. The number of esters is 1. The number of benzene rings is 1. The summed E-state index contributed by atoms with van der Waals surface area (Å²) in [6, 6.07) is 6.21. The Morgan fingerprint density at radius 2 is 1.88 bits per heavy atom. The van der Waals surface area contributed by atoms with E-state index in [0.717, 1.165) is 0 Å². The highest BCUT2D eigenvalue weighted by Crippen LogP contribution is 2.51. The Balaban J connectivity index is 1.63. The van der Waals surface area contributed by atoms with E-state index in [4.69, 9.17) is 15.2 Å². The van der Waals surface area contributed by atoms with Crippen molar-refractivity contribution in [2.75, 3.05) is 6.61 Å². The standard InChI is InChI=1S/C21H27N3O7S/c1-5-29-20(28)31-11(2)30-19(27)15-21(3,4)32-18-14(17(26)24(15)18)23-16(25)13(22)12-9-7-6-8-10-12/h6-11,13-15,18H,5,22H2,1-4H3,(H,23,25)/t11-,13?,14+,15?,18?/m1/s1. The predicted molar refractivity (Wildman–Crippen MR) is 115 cm³/mol. The van der Waals surface area contributed by atoms with Gasteiger partial charge in [0.1, 0.15) is 23.5 Å². The second kappa shape index (κ2) is 9.37. The second-order valence-electron chi connectivity index (χ2n) is 7.94. The molecule has 2 heterocycles. The van der Waals surface area contributed by atoms with Gasteiger partial charge in [-0.3, -0.25) is 9.59 Å². The zero-order chi connectivity index (χ0) is 23.6. The maximum atomic E-state index is 12.8. The molecule has 0 aliphatic carbocycles. The van der Waals surface area contributed by atoms with Gasteiger partial charge >= 0.3 is 12.1 Å². The van der Waals surface area contributed by atoms with Crippen LogP contribution in [0, 0.1) is 0 Å². The zero-order valence-corrected chi connectivity index (χ0v) is 19.1. The molecule has 11 heteroatoms. The first-order valence-corrected chi connectivity index (χ1v) is 11.1. The molecular formula is C21H27N3O7S. The molecule has 0 spiro atoms. The molecule has 3 unspecified atom stereocenters. The lowest BCUT2D eigenvalue weighted by molar-refractivity contribution is -0.180. The van der Waals surface area contributed by atoms with Gasteiger partial charge in [-0.2, -0.15) is 0 Å². The molecule has 3 N–H and O–H groups in total. The van der Waals surface area contributed by atoms with Gasteiger partial charge in [-0.25, -0.2) is 9.59 Å². The molecule has 0 radical (unpaired) electrons. The van der Waals surface area contributed by atoms with E-state index in [-0.39, 0.29) is 6.61 Å². The van der Waals surface area contributed by atoms with Crippen molar-refractivity contribution >= 4 is 35.7 Å². The molecule has 32 heavy (non-hydrogen) atoms. The number of amides is 2. The van der Waals surface area contributed by atoms with Gasteiger partial charge in [-0.15, -0.1) is 11.8 Å². The molecule has 0 aromatic heterocycles. The fourth-order valence-corrected chi connectivity index (χ4v) is 5.34. The number of nitrogens with one attached hydrogen (secondary N) is 1. The first kappa shape index (κ1) is 23.9. The van der Waals surface area contributed by atoms with E-state index in [2.05, 4.69) is 10.1 Å². The summed E-state index contributed by atoms with van der Waals surface area (Å²) >= 11 is 1.38. The van der Waals surface area contributed by atoms with Gasteiger partial charge in [0.15, 0.2) is 0 Å². The van der Waals surface area contributed by atoms with Crippen LogP contribution in [0.2, 0.25) is 0 Å². The number of β-lactam (4-membered cyclic amide) rings is 1. The zero-order valence-electron chi connectivity index (χ0n) is 18.3. The van der Waals surface area contributed by atoms with Gasteiger partial charge < -0.3 is 30.2 Å². The minimum atomic E-state index is -1.18. The summed E-state index contributed by atoms with van der Waals surface area (Å²) in [7, 11) is 0. The number of thioether (sulfide) groups is 1. The third kappa shape index (κ3) is 4.68. The van der Waals surface area contributed by atoms with Crippen LogP contribution in [-0.4, -0.2) is 63.9 Å². The Morgan fingerprint density at radius 1 is 1.22 bits per heavy atom. The Bertz CT molecular complexity index is 895. The maximum absolute atomic E-state index is 12.8. The summed E-state index contributed by atoms with van der Waals surface area (Å²) in [5, 5.41) is 2.26. The third-order valence-corrected chi connectivity index (χ3v) is 6.78. The Labute approximate surface area is 190 Å². The molecule has 2 aliphatic heterocycles. The van der Waals surface area contributed by atoms with Crippen LogP contribution >= 0.6 is 11.8 Å². The Morgan fingerprint density at radius 3 is 2.50 bits per heavy atom. The van der Waals surface area contributed by atoms with Crippen molar-refractivity contribution < 1.29 is 33.4 Å². The summed E-state index contributed by atoms with van der Waals surface area (Å²) in [4.78, 5) is 51.0. The van der Waals surface area contributed by atoms with Crippen molar-refractivity contribution in [1.29, 1.82) is 0 Å². The van der Waals surface area contributed by atoms with Gasteiger partial charge in [0.05, 0.1) is 6.61 Å². The van der Waals surface area contributed by atoms with E-state index >= 15 is 0 Å². The van der Waals surface area contributed by atoms with Crippen LogP contribution in [0.3, 0.4) is 0 Å². The number of ether oxygens (including phenoxy) is 3. The van der Waals surface area contributed by atoms with Crippen LogP contribution < -0.4 is 11.1 Å². The van der Waals surface area contributed by atoms with Gasteiger partial charge in [-0.05, 0) is 26.3 Å². The summed E-state index contributed by atoms with van der Waals surface area (Å²) in [6.07, 6.45) is -2.14. The van der Waals surface area contributed by atoms with Crippen LogP contribution in [0.25, 0.3) is 0 Å². The van der Waals surface area contributed by atoms with Crippen molar-refractivity contribution in [2.24, 2.45) is 5.73 Å². The van der Waals surface area contributed by atoms with Crippen LogP contribution in [0.5, 0.6) is 0 Å². The molecule has 1 aromatic rings. The first-order chi connectivity index (χ1) is 15.1. The molecule has 5 atom stereocenters. The molecule has 174 valence electrons. The summed E-state index contributed by atoms with van der Waals surface area (Å²) in [6.45, 7) is 6.74.